The van der Waals surface area contributed by atoms with Gasteiger partial charge in [0.1, 0.15) is 29.0 Å². The lowest BCUT2D eigenvalue weighted by molar-refractivity contribution is -0.127. The Hall–Kier alpha value is -3.24. The monoisotopic (exact) mass is 513 g/mol. The molecule has 4 unspecified atom stereocenters. The number of likely N-dealkylation sites (tertiary alicyclic amines) is 1. The summed E-state index contributed by atoms with van der Waals surface area (Å²) >= 11 is 0. The van der Waals surface area contributed by atoms with E-state index in [0.717, 1.165) is 18.5 Å². The van der Waals surface area contributed by atoms with Gasteiger partial charge in [0.2, 0.25) is 0 Å². The van der Waals surface area contributed by atoms with Gasteiger partial charge in [-0.1, -0.05) is 6.07 Å². The highest BCUT2D eigenvalue weighted by Crippen LogP contribution is 2.50. The zero-order valence-electron chi connectivity index (χ0n) is 20.9. The molecule has 1 heterocycles. The van der Waals surface area contributed by atoms with Crippen LogP contribution in [-0.2, 0) is 22.6 Å². The molecule has 198 valence electrons. The fraction of sp³-hybridized carbons (Fsp3) is 0.519. The minimum absolute atomic E-state index is 0.0547. The van der Waals surface area contributed by atoms with Crippen LogP contribution < -0.4 is 5.73 Å². The van der Waals surface area contributed by atoms with Gasteiger partial charge in [-0.3, -0.25) is 24.2 Å². The van der Waals surface area contributed by atoms with E-state index in [4.69, 9.17) is 5.73 Å². The first-order chi connectivity index (χ1) is 17.5. The molecule has 1 amide bonds. The number of Topliss-reactive ketones (excluding diaryl/α,β-unsaturated/α-hetero) is 2. The molecule has 1 fully saturated rings. The topological polar surface area (TPSA) is 144 Å². The van der Waals surface area contributed by atoms with E-state index in [9.17, 15) is 34.1 Å². The third-order valence-electron chi connectivity index (χ3n) is 8.39. The van der Waals surface area contributed by atoms with Crippen molar-refractivity contribution in [3.05, 3.63) is 51.5 Å². The molecule has 3 aliphatic carbocycles. The Morgan fingerprint density at radius 2 is 1.92 bits per heavy atom. The van der Waals surface area contributed by atoms with Crippen molar-refractivity contribution in [1.29, 1.82) is 0 Å². The van der Waals surface area contributed by atoms with Gasteiger partial charge >= 0.3 is 0 Å². The van der Waals surface area contributed by atoms with Crippen LogP contribution in [0.15, 0.2) is 34.8 Å². The molecule has 1 aliphatic heterocycles. The van der Waals surface area contributed by atoms with Crippen LogP contribution in [0.3, 0.4) is 0 Å². The predicted molar refractivity (Wildman–Crippen MR) is 132 cm³/mol. The molecular weight excluding hydrogens is 481 g/mol. The van der Waals surface area contributed by atoms with Crippen LogP contribution in [0.4, 0.5) is 4.39 Å². The molecule has 4 aliphatic rings. The van der Waals surface area contributed by atoms with E-state index in [-0.39, 0.29) is 16.9 Å². The number of nitrogens with two attached hydrogens (primary N) is 1. The lowest BCUT2D eigenvalue weighted by Crippen LogP contribution is -2.53. The van der Waals surface area contributed by atoms with Crippen molar-refractivity contribution < 1.29 is 34.1 Å². The van der Waals surface area contributed by atoms with Crippen LogP contribution in [0.25, 0.3) is 0 Å². The number of alkyl halides is 1. The van der Waals surface area contributed by atoms with Gasteiger partial charge in [0, 0.05) is 18.7 Å². The second kappa shape index (κ2) is 9.25. The van der Waals surface area contributed by atoms with Crippen LogP contribution in [0, 0.1) is 17.8 Å². The minimum atomic E-state index is -1.21. The number of amides is 1. The molecule has 1 saturated heterocycles. The predicted octanol–water partition coefficient (Wildman–Crippen LogP) is 1.94. The zero-order valence-corrected chi connectivity index (χ0v) is 20.9. The maximum Gasteiger partial charge on any atom is 0.255 e. The van der Waals surface area contributed by atoms with Crippen molar-refractivity contribution in [2.24, 2.45) is 23.5 Å². The molecule has 5 atom stereocenters. The molecule has 0 spiro atoms. The third kappa shape index (κ3) is 4.02. The normalized spacial score (nSPS) is 30.3. The number of piperidine rings is 1. The molecule has 0 radical (unpaired) electrons. The van der Waals surface area contributed by atoms with E-state index in [1.54, 1.807) is 25.1 Å². The highest BCUT2D eigenvalue weighted by Gasteiger charge is 2.54. The first kappa shape index (κ1) is 25.4. The molecule has 5 N–H and O–H groups in total. The SMILES string of the molecule is CN(C)[C@@H]1C(O)=C(C(N)=O)C(=O)C2C(O)=C3C(=O)c4c(O)ccc(CN5CCCC(F)C5)c4CC3CC21. The minimum Gasteiger partial charge on any atom is -0.511 e. The number of aliphatic hydroxyl groups is 2. The fourth-order valence-corrected chi connectivity index (χ4v) is 6.86. The number of ketones is 2. The van der Waals surface area contributed by atoms with Crippen molar-refractivity contribution in [3.8, 4) is 5.75 Å². The summed E-state index contributed by atoms with van der Waals surface area (Å²) in [6.07, 6.45) is 1.01. The molecule has 1 aromatic rings. The number of likely N-dealkylation sites (N-methyl/N-ethyl adjacent to an activating group) is 1. The number of allylic oxidation sites excluding steroid dienone is 2. The third-order valence-corrected chi connectivity index (χ3v) is 8.39. The Bertz CT molecular complexity index is 1250. The van der Waals surface area contributed by atoms with Gasteiger partial charge in [0.05, 0.1) is 17.5 Å². The van der Waals surface area contributed by atoms with Crippen molar-refractivity contribution in [3.63, 3.8) is 0 Å². The van der Waals surface area contributed by atoms with Crippen molar-refractivity contribution in [2.75, 3.05) is 27.2 Å². The van der Waals surface area contributed by atoms with E-state index in [1.807, 2.05) is 4.90 Å². The smallest absolute Gasteiger partial charge is 0.255 e. The lowest BCUT2D eigenvalue weighted by Gasteiger charge is -2.46. The van der Waals surface area contributed by atoms with Gasteiger partial charge in [0.25, 0.3) is 5.91 Å². The van der Waals surface area contributed by atoms with Gasteiger partial charge < -0.3 is 21.1 Å². The van der Waals surface area contributed by atoms with Crippen LogP contribution >= 0.6 is 0 Å². The number of phenols is 1. The van der Waals surface area contributed by atoms with Gasteiger partial charge in [-0.2, -0.15) is 0 Å². The molecule has 9 nitrogen and oxygen atoms in total. The summed E-state index contributed by atoms with van der Waals surface area (Å²) in [5, 5.41) is 32.8. The average Bonchev–Trinajstić information content (AvgIpc) is 2.80. The number of hydrogen-bond acceptors (Lipinski definition) is 8. The first-order valence-electron chi connectivity index (χ1n) is 12.6. The van der Waals surface area contributed by atoms with Gasteiger partial charge in [-0.05, 0) is 75.4 Å². The number of aliphatic hydroxyl groups excluding tert-OH is 2. The maximum atomic E-state index is 14.0. The van der Waals surface area contributed by atoms with Gasteiger partial charge in [-0.25, -0.2) is 4.39 Å². The van der Waals surface area contributed by atoms with Crippen molar-refractivity contribution in [1.82, 2.24) is 9.80 Å². The Labute approximate surface area is 214 Å². The molecule has 0 aromatic heterocycles. The number of rotatable bonds is 4. The van der Waals surface area contributed by atoms with Gasteiger partial charge in [0.15, 0.2) is 11.6 Å². The van der Waals surface area contributed by atoms with Crippen LogP contribution in [0.1, 0.15) is 40.7 Å². The van der Waals surface area contributed by atoms with Gasteiger partial charge in [-0.15, -0.1) is 0 Å². The Kier molecular flexibility index (Phi) is 6.35. The number of primary amides is 1. The highest BCUT2D eigenvalue weighted by atomic mass is 19.1. The van der Waals surface area contributed by atoms with Crippen molar-refractivity contribution in [2.45, 2.75) is 44.4 Å². The van der Waals surface area contributed by atoms with Crippen LogP contribution in [0.2, 0.25) is 0 Å². The number of fused-ring (bicyclic) bond motifs is 3. The summed E-state index contributed by atoms with van der Waals surface area (Å²) < 4.78 is 14.0. The Morgan fingerprint density at radius 3 is 2.57 bits per heavy atom. The highest BCUT2D eigenvalue weighted by molar-refractivity contribution is 6.22. The molecule has 1 aromatic carbocycles. The largest absolute Gasteiger partial charge is 0.511 e. The summed E-state index contributed by atoms with van der Waals surface area (Å²) in [6.45, 7) is 1.48. The van der Waals surface area contributed by atoms with E-state index >= 15 is 0 Å². The molecule has 37 heavy (non-hydrogen) atoms. The lowest BCUT2D eigenvalue weighted by atomic mass is 9.60. The zero-order chi connectivity index (χ0) is 26.8. The molecule has 0 bridgehead atoms. The second-order valence-corrected chi connectivity index (χ2v) is 10.9. The standard InChI is InChI=1S/C27H32FN3O6/c1-30(2)22-16-9-13-8-15-12(10-31-7-3-4-14(28)11-31)5-6-17(32)19(15)23(33)18(13)24(34)20(16)25(35)21(26(22)36)27(29)37/h5-6,13-14,16,20,22,32,34,36H,3-4,7-11H2,1-2H3,(H2,29,37)/t13?,14?,16?,20?,22-/m0/s1. The van der Waals surface area contributed by atoms with Crippen LogP contribution in [0.5, 0.6) is 5.75 Å². The molecule has 0 saturated carbocycles. The number of carbonyl (C=O) groups is 3. The van der Waals surface area contributed by atoms with Crippen molar-refractivity contribution >= 4 is 17.5 Å². The summed E-state index contributed by atoms with van der Waals surface area (Å²) in [5.41, 5.74) is 6.46. The molecule has 10 heteroatoms. The number of benzene rings is 1. The number of halogens is 1. The van der Waals surface area contributed by atoms with E-state index in [2.05, 4.69) is 0 Å². The number of hydrogen-bond donors (Lipinski definition) is 4. The van der Waals surface area contributed by atoms with E-state index < -0.39 is 64.5 Å². The second-order valence-electron chi connectivity index (χ2n) is 10.9. The van der Waals surface area contributed by atoms with Crippen LogP contribution in [-0.4, -0.2) is 82.0 Å². The summed E-state index contributed by atoms with van der Waals surface area (Å²) in [4.78, 5) is 42.7. The number of nitrogens with zero attached hydrogens (tertiary/aromatic N) is 2. The maximum absolute atomic E-state index is 14.0. The van der Waals surface area contributed by atoms with E-state index in [0.29, 0.717) is 37.9 Å². The summed E-state index contributed by atoms with van der Waals surface area (Å²) in [7, 11) is 3.38. The Morgan fingerprint density at radius 1 is 1.19 bits per heavy atom. The summed E-state index contributed by atoms with van der Waals surface area (Å²) in [6, 6.07) is 2.43. The number of aromatic hydroxyl groups is 1. The Balaban J connectivity index is 1.58. The summed E-state index contributed by atoms with van der Waals surface area (Å²) in [5.74, 6) is -5.79. The fourth-order valence-electron chi connectivity index (χ4n) is 6.86. The average molecular weight is 514 g/mol. The number of carbonyl (C=O) groups excluding carboxylic acids is 3. The quantitative estimate of drug-likeness (QED) is 0.447. The molecule has 5 rings (SSSR count). The molecular formula is C27H32FN3O6. The number of phenolic OH excluding ortho intramolecular Hbond substituents is 1. The first-order valence-corrected chi connectivity index (χ1v) is 12.6. The van der Waals surface area contributed by atoms with E-state index in [1.165, 1.54) is 6.07 Å².